The molecule has 0 aliphatic carbocycles. The van der Waals surface area contributed by atoms with E-state index in [4.69, 9.17) is 5.11 Å². The molecule has 0 radical (unpaired) electrons. The number of carboxylic acid groups (broad SMARTS) is 1. The quantitative estimate of drug-likeness (QED) is 0.798. The van der Waals surface area contributed by atoms with Crippen molar-refractivity contribution < 1.29 is 9.90 Å². The summed E-state index contributed by atoms with van der Waals surface area (Å²) >= 11 is 0. The lowest BCUT2D eigenvalue weighted by Gasteiger charge is -2.20. The number of nitrogens with one attached hydrogen (secondary N) is 1. The Bertz CT molecular complexity index is 404. The molecule has 0 fully saturated rings. The van der Waals surface area contributed by atoms with Crippen LogP contribution in [0.5, 0.6) is 0 Å². The third-order valence-electron chi connectivity index (χ3n) is 2.33. The van der Waals surface area contributed by atoms with Gasteiger partial charge in [-0.25, -0.2) is 4.98 Å². The number of hydrogen-bond acceptors (Lipinski definition) is 5. The van der Waals surface area contributed by atoms with E-state index in [9.17, 15) is 4.79 Å². The molecule has 1 aromatic rings. The second kappa shape index (κ2) is 4.99. The fourth-order valence-corrected chi connectivity index (χ4v) is 1.05. The Balaban J connectivity index is 2.70. The predicted octanol–water partition coefficient (Wildman–Crippen LogP) is 1.07. The molecular weight excluding hydrogens is 220 g/mol. The Kier molecular flexibility index (Phi) is 3.88. The smallest absolute Gasteiger partial charge is 0.310 e. The van der Waals surface area contributed by atoms with E-state index in [0.717, 1.165) is 0 Å². The van der Waals surface area contributed by atoms with Crippen molar-refractivity contribution in [3.05, 3.63) is 12.3 Å². The number of carbonyl (C=O) groups is 1. The van der Waals surface area contributed by atoms with Gasteiger partial charge in [-0.2, -0.15) is 4.98 Å². The van der Waals surface area contributed by atoms with E-state index in [1.165, 1.54) is 0 Å². The zero-order valence-electron chi connectivity index (χ0n) is 10.6. The lowest BCUT2D eigenvalue weighted by Crippen LogP contribution is -2.32. The van der Waals surface area contributed by atoms with Crippen molar-refractivity contribution in [1.29, 1.82) is 0 Å². The Labute approximate surface area is 101 Å². The van der Waals surface area contributed by atoms with Crippen LogP contribution in [-0.2, 0) is 4.79 Å². The summed E-state index contributed by atoms with van der Waals surface area (Å²) in [7, 11) is 3.70. The molecule has 0 unspecified atom stereocenters. The van der Waals surface area contributed by atoms with Gasteiger partial charge in [0.2, 0.25) is 5.95 Å². The van der Waals surface area contributed by atoms with Gasteiger partial charge in [-0.1, -0.05) is 0 Å². The van der Waals surface area contributed by atoms with Gasteiger partial charge in [0, 0.05) is 26.8 Å². The average Bonchev–Trinajstić information content (AvgIpc) is 2.26. The Morgan fingerprint density at radius 1 is 1.53 bits per heavy atom. The summed E-state index contributed by atoms with van der Waals surface area (Å²) in [6, 6.07) is 1.71. The summed E-state index contributed by atoms with van der Waals surface area (Å²) < 4.78 is 0. The van der Waals surface area contributed by atoms with Gasteiger partial charge in [0.1, 0.15) is 5.82 Å². The topological polar surface area (TPSA) is 78.4 Å². The van der Waals surface area contributed by atoms with E-state index in [2.05, 4.69) is 15.3 Å². The first-order valence-corrected chi connectivity index (χ1v) is 5.30. The van der Waals surface area contributed by atoms with Crippen LogP contribution in [0.15, 0.2) is 12.3 Å². The normalized spacial score (nSPS) is 11.1. The number of anilines is 2. The SMILES string of the molecule is CN(C)c1nccc(NCC(C)(C)C(=O)O)n1. The fraction of sp³-hybridized carbons (Fsp3) is 0.545. The van der Waals surface area contributed by atoms with E-state index >= 15 is 0 Å². The molecule has 0 spiro atoms. The summed E-state index contributed by atoms with van der Waals surface area (Å²) in [5.41, 5.74) is -0.830. The van der Waals surface area contributed by atoms with Gasteiger partial charge in [-0.15, -0.1) is 0 Å². The zero-order valence-corrected chi connectivity index (χ0v) is 10.6. The lowest BCUT2D eigenvalue weighted by atomic mass is 9.94. The Morgan fingerprint density at radius 2 is 2.18 bits per heavy atom. The average molecular weight is 238 g/mol. The Hall–Kier alpha value is -1.85. The highest BCUT2D eigenvalue weighted by molar-refractivity contribution is 5.74. The highest BCUT2D eigenvalue weighted by atomic mass is 16.4. The molecule has 0 saturated heterocycles. The number of aliphatic carboxylic acids is 1. The summed E-state index contributed by atoms with van der Waals surface area (Å²) in [5.74, 6) is 0.369. The van der Waals surface area contributed by atoms with Crippen LogP contribution < -0.4 is 10.2 Å². The van der Waals surface area contributed by atoms with Crippen LogP contribution in [0.1, 0.15) is 13.8 Å². The van der Waals surface area contributed by atoms with Crippen molar-refractivity contribution in [3.8, 4) is 0 Å². The molecule has 1 aromatic heterocycles. The maximum absolute atomic E-state index is 10.9. The van der Waals surface area contributed by atoms with Gasteiger partial charge in [0.25, 0.3) is 0 Å². The van der Waals surface area contributed by atoms with Crippen molar-refractivity contribution in [2.75, 3.05) is 30.9 Å². The molecular formula is C11H18N4O2. The standard InChI is InChI=1S/C11H18N4O2/c1-11(2,9(16)17)7-13-8-5-6-12-10(14-8)15(3)4/h5-6H,7H2,1-4H3,(H,16,17)(H,12,13,14). The minimum atomic E-state index is -0.841. The summed E-state index contributed by atoms with van der Waals surface area (Å²) in [4.78, 5) is 21.0. The van der Waals surface area contributed by atoms with Gasteiger partial charge in [0.15, 0.2) is 0 Å². The maximum Gasteiger partial charge on any atom is 0.310 e. The minimum absolute atomic E-state index is 0.312. The van der Waals surface area contributed by atoms with Crippen molar-refractivity contribution in [2.45, 2.75) is 13.8 Å². The second-order valence-electron chi connectivity index (χ2n) is 4.68. The first kappa shape index (κ1) is 13.2. The van der Waals surface area contributed by atoms with Gasteiger partial charge < -0.3 is 15.3 Å². The molecule has 2 N–H and O–H groups in total. The van der Waals surface area contributed by atoms with E-state index < -0.39 is 11.4 Å². The van der Waals surface area contributed by atoms with E-state index in [-0.39, 0.29) is 0 Å². The zero-order chi connectivity index (χ0) is 13.1. The van der Waals surface area contributed by atoms with Crippen molar-refractivity contribution in [3.63, 3.8) is 0 Å². The highest BCUT2D eigenvalue weighted by Gasteiger charge is 2.26. The molecule has 1 rings (SSSR count). The number of nitrogens with zero attached hydrogens (tertiary/aromatic N) is 3. The molecule has 0 bridgehead atoms. The molecule has 6 nitrogen and oxygen atoms in total. The molecule has 0 aromatic carbocycles. The summed E-state index contributed by atoms with van der Waals surface area (Å²) in [6.07, 6.45) is 1.64. The Morgan fingerprint density at radius 3 is 2.71 bits per heavy atom. The van der Waals surface area contributed by atoms with Gasteiger partial charge in [-0.3, -0.25) is 4.79 Å². The maximum atomic E-state index is 10.9. The van der Waals surface area contributed by atoms with Gasteiger partial charge in [-0.05, 0) is 19.9 Å². The first-order chi connectivity index (χ1) is 7.83. The third-order valence-corrected chi connectivity index (χ3v) is 2.33. The number of rotatable bonds is 5. The van der Waals surface area contributed by atoms with E-state index in [1.807, 2.05) is 14.1 Å². The molecule has 0 atom stereocenters. The van der Waals surface area contributed by atoms with Crippen molar-refractivity contribution in [2.24, 2.45) is 5.41 Å². The minimum Gasteiger partial charge on any atom is -0.481 e. The molecule has 94 valence electrons. The van der Waals surface area contributed by atoms with Crippen LogP contribution in [0.3, 0.4) is 0 Å². The van der Waals surface area contributed by atoms with Crippen LogP contribution in [0.2, 0.25) is 0 Å². The van der Waals surface area contributed by atoms with Crippen LogP contribution in [0.4, 0.5) is 11.8 Å². The number of carboxylic acids is 1. The van der Waals surface area contributed by atoms with Crippen molar-refractivity contribution in [1.82, 2.24) is 9.97 Å². The molecule has 0 aliphatic rings. The molecule has 17 heavy (non-hydrogen) atoms. The molecule has 1 heterocycles. The largest absolute Gasteiger partial charge is 0.481 e. The lowest BCUT2D eigenvalue weighted by molar-refractivity contribution is -0.146. The number of hydrogen-bond donors (Lipinski definition) is 2. The number of aromatic nitrogens is 2. The molecule has 0 saturated carbocycles. The second-order valence-corrected chi connectivity index (χ2v) is 4.68. The van der Waals surface area contributed by atoms with Crippen molar-refractivity contribution >= 4 is 17.7 Å². The molecule has 0 aliphatic heterocycles. The highest BCUT2D eigenvalue weighted by Crippen LogP contribution is 2.16. The van der Waals surface area contributed by atoms with E-state index in [1.54, 1.807) is 31.0 Å². The van der Waals surface area contributed by atoms with E-state index in [0.29, 0.717) is 18.3 Å². The first-order valence-electron chi connectivity index (χ1n) is 5.30. The van der Waals surface area contributed by atoms with Crippen LogP contribution in [0, 0.1) is 5.41 Å². The fourth-order valence-electron chi connectivity index (χ4n) is 1.05. The van der Waals surface area contributed by atoms with Crippen LogP contribution in [-0.4, -0.2) is 41.7 Å². The molecule has 6 heteroatoms. The van der Waals surface area contributed by atoms with Gasteiger partial charge >= 0.3 is 5.97 Å². The monoisotopic (exact) mass is 238 g/mol. The summed E-state index contributed by atoms with van der Waals surface area (Å²) in [6.45, 7) is 3.64. The van der Waals surface area contributed by atoms with Crippen LogP contribution >= 0.6 is 0 Å². The predicted molar refractivity (Wildman–Crippen MR) is 66.3 cm³/mol. The van der Waals surface area contributed by atoms with Gasteiger partial charge in [0.05, 0.1) is 5.41 Å². The summed E-state index contributed by atoms with van der Waals surface area (Å²) in [5, 5.41) is 12.0. The van der Waals surface area contributed by atoms with Crippen LogP contribution in [0.25, 0.3) is 0 Å². The molecule has 0 amide bonds. The third kappa shape index (κ3) is 3.58.